The Morgan fingerprint density at radius 3 is 2.12 bits per heavy atom. The van der Waals surface area contributed by atoms with Gasteiger partial charge in [-0.05, 0) is 50.5 Å². The van der Waals surface area contributed by atoms with Gasteiger partial charge in [0, 0.05) is 32.0 Å². The molecule has 0 bridgehead atoms. The van der Waals surface area contributed by atoms with Gasteiger partial charge in [-0.25, -0.2) is 12.8 Å². The Morgan fingerprint density at radius 2 is 1.52 bits per heavy atom. The lowest BCUT2D eigenvalue weighted by atomic mass is 10.0. The average molecular weight is 568 g/mol. The summed E-state index contributed by atoms with van der Waals surface area (Å²) in [5, 5.41) is 2.95. The summed E-state index contributed by atoms with van der Waals surface area (Å²) in [6.45, 7) is 5.85. The van der Waals surface area contributed by atoms with Gasteiger partial charge in [-0.1, -0.05) is 72.3 Å². The van der Waals surface area contributed by atoms with Crippen molar-refractivity contribution >= 4 is 27.5 Å². The third kappa shape index (κ3) is 8.91. The molecule has 0 fully saturated rings. The van der Waals surface area contributed by atoms with Gasteiger partial charge < -0.3 is 10.2 Å². The third-order valence-electron chi connectivity index (χ3n) is 6.45. The van der Waals surface area contributed by atoms with Crippen molar-refractivity contribution in [2.45, 2.75) is 58.7 Å². The number of aryl methyl sites for hydroxylation is 1. The minimum Gasteiger partial charge on any atom is -0.352 e. The van der Waals surface area contributed by atoms with Crippen molar-refractivity contribution in [3.8, 4) is 0 Å². The first-order valence-electron chi connectivity index (χ1n) is 13.4. The van der Waals surface area contributed by atoms with Gasteiger partial charge in [-0.2, -0.15) is 0 Å². The summed E-state index contributed by atoms with van der Waals surface area (Å²) in [6.07, 6.45) is 1.46. The van der Waals surface area contributed by atoms with Gasteiger partial charge >= 0.3 is 0 Å². The highest BCUT2D eigenvalue weighted by Crippen LogP contribution is 2.23. The first kappa shape index (κ1) is 30.8. The lowest BCUT2D eigenvalue weighted by molar-refractivity contribution is -0.141. The van der Waals surface area contributed by atoms with E-state index in [4.69, 9.17) is 0 Å². The number of nitrogens with zero attached hydrogens (tertiary/aromatic N) is 2. The highest BCUT2D eigenvalue weighted by molar-refractivity contribution is 7.92. The van der Waals surface area contributed by atoms with Gasteiger partial charge in [0.05, 0.1) is 11.9 Å². The van der Waals surface area contributed by atoms with E-state index in [1.807, 2.05) is 75.4 Å². The summed E-state index contributed by atoms with van der Waals surface area (Å²) >= 11 is 0. The molecule has 1 N–H and O–H groups in total. The molecular formula is C31H38FN3O4S. The summed E-state index contributed by atoms with van der Waals surface area (Å²) in [5.41, 5.74) is 2.80. The van der Waals surface area contributed by atoms with Crippen LogP contribution in [0.4, 0.5) is 10.1 Å². The molecule has 0 radical (unpaired) electrons. The van der Waals surface area contributed by atoms with Crippen molar-refractivity contribution in [3.63, 3.8) is 0 Å². The van der Waals surface area contributed by atoms with Gasteiger partial charge in [-0.15, -0.1) is 0 Å². The van der Waals surface area contributed by atoms with E-state index in [9.17, 15) is 22.4 Å². The zero-order valence-electron chi connectivity index (χ0n) is 23.5. The molecule has 0 aromatic heterocycles. The number of para-hydroxylation sites is 1. The summed E-state index contributed by atoms with van der Waals surface area (Å²) < 4.78 is 40.4. The molecule has 3 aromatic rings. The Labute approximate surface area is 237 Å². The van der Waals surface area contributed by atoms with Crippen molar-refractivity contribution in [3.05, 3.63) is 101 Å². The molecule has 0 aliphatic heterocycles. The number of hydrogen-bond donors (Lipinski definition) is 1. The summed E-state index contributed by atoms with van der Waals surface area (Å²) in [5.74, 6) is -1.21. The molecule has 0 spiro atoms. The smallest absolute Gasteiger partial charge is 0.243 e. The van der Waals surface area contributed by atoms with Crippen LogP contribution >= 0.6 is 0 Å². The summed E-state index contributed by atoms with van der Waals surface area (Å²) in [6, 6.07) is 22.0. The van der Waals surface area contributed by atoms with E-state index in [0.717, 1.165) is 27.3 Å². The maximum Gasteiger partial charge on any atom is 0.243 e. The molecule has 0 heterocycles. The first-order valence-corrected chi connectivity index (χ1v) is 15.2. The number of sulfonamides is 1. The minimum atomic E-state index is -3.79. The van der Waals surface area contributed by atoms with E-state index >= 15 is 0 Å². The second-order valence-corrected chi connectivity index (χ2v) is 12.2. The van der Waals surface area contributed by atoms with Crippen LogP contribution in [0.5, 0.6) is 0 Å². The van der Waals surface area contributed by atoms with Crippen LogP contribution < -0.4 is 9.62 Å². The quantitative estimate of drug-likeness (QED) is 0.320. The second-order valence-electron chi connectivity index (χ2n) is 10.3. The van der Waals surface area contributed by atoms with Crippen LogP contribution in [-0.4, -0.2) is 50.0 Å². The number of amides is 2. The molecule has 1 atom stereocenters. The Morgan fingerprint density at radius 1 is 0.900 bits per heavy atom. The van der Waals surface area contributed by atoms with Crippen LogP contribution in [0.1, 0.15) is 43.4 Å². The van der Waals surface area contributed by atoms with E-state index < -0.39 is 21.9 Å². The molecule has 3 rings (SSSR count). The predicted octanol–water partition coefficient (Wildman–Crippen LogP) is 4.85. The fourth-order valence-corrected chi connectivity index (χ4v) is 5.43. The Bertz CT molecular complexity index is 1380. The zero-order chi connectivity index (χ0) is 29.3. The van der Waals surface area contributed by atoms with Gasteiger partial charge in [0.15, 0.2) is 0 Å². The fourth-order valence-electron chi connectivity index (χ4n) is 4.46. The fraction of sp³-hybridized carbons (Fsp3) is 0.355. The summed E-state index contributed by atoms with van der Waals surface area (Å²) in [7, 11) is -3.79. The number of carbonyl (C=O) groups is 2. The molecule has 40 heavy (non-hydrogen) atoms. The molecular weight excluding hydrogens is 529 g/mol. The zero-order valence-corrected chi connectivity index (χ0v) is 24.3. The number of halogens is 1. The van der Waals surface area contributed by atoms with Gasteiger partial charge in [0.2, 0.25) is 21.8 Å². The van der Waals surface area contributed by atoms with Crippen molar-refractivity contribution in [2.75, 3.05) is 17.1 Å². The van der Waals surface area contributed by atoms with Gasteiger partial charge in [0.1, 0.15) is 11.9 Å². The normalized spacial score (nSPS) is 12.2. The maximum absolute atomic E-state index is 14.4. The minimum absolute atomic E-state index is 0.0212. The van der Waals surface area contributed by atoms with Crippen molar-refractivity contribution in [1.82, 2.24) is 10.2 Å². The lowest BCUT2D eigenvalue weighted by Crippen LogP contribution is -2.51. The van der Waals surface area contributed by atoms with E-state index in [-0.39, 0.29) is 49.5 Å². The number of anilines is 1. The van der Waals surface area contributed by atoms with Gasteiger partial charge in [0.25, 0.3) is 0 Å². The number of benzene rings is 3. The van der Waals surface area contributed by atoms with E-state index in [1.165, 1.54) is 18.2 Å². The predicted molar refractivity (Wildman–Crippen MR) is 157 cm³/mol. The molecule has 0 saturated carbocycles. The largest absolute Gasteiger partial charge is 0.352 e. The molecule has 0 saturated heterocycles. The molecule has 7 nitrogen and oxygen atoms in total. The number of carbonyl (C=O) groups excluding carboxylic acids is 2. The molecule has 9 heteroatoms. The van der Waals surface area contributed by atoms with Crippen LogP contribution in [0, 0.1) is 12.7 Å². The van der Waals surface area contributed by atoms with Gasteiger partial charge in [-0.3, -0.25) is 13.9 Å². The van der Waals surface area contributed by atoms with E-state index in [2.05, 4.69) is 5.32 Å². The standard InChI is InChI=1S/C31H38FN3O4S/c1-23(2)33-31(37)29(21-25-11-6-5-7-12-25)34(22-26-18-16-24(3)17-19-26)30(36)15-10-20-35(40(4,38)39)28-14-9-8-13-27(28)32/h5-9,11-14,16-19,23,29H,10,15,20-22H2,1-4H3,(H,33,37)/t29-/m0/s1. The molecule has 0 aliphatic carbocycles. The number of hydrogen-bond acceptors (Lipinski definition) is 4. The van der Waals surface area contributed by atoms with Crippen LogP contribution in [0.15, 0.2) is 78.9 Å². The van der Waals surface area contributed by atoms with Crippen LogP contribution in [0.3, 0.4) is 0 Å². The molecule has 214 valence electrons. The average Bonchev–Trinajstić information content (AvgIpc) is 2.89. The monoisotopic (exact) mass is 567 g/mol. The van der Waals surface area contributed by atoms with Crippen molar-refractivity contribution in [2.24, 2.45) is 0 Å². The Balaban J connectivity index is 1.88. The Kier molecular flexibility index (Phi) is 10.8. The van der Waals surface area contributed by atoms with E-state index in [1.54, 1.807) is 11.0 Å². The first-order chi connectivity index (χ1) is 19.0. The SMILES string of the molecule is Cc1ccc(CN(C(=O)CCCN(c2ccccc2F)S(C)(=O)=O)[C@@H](Cc2ccccc2)C(=O)NC(C)C)cc1. The number of nitrogens with one attached hydrogen (secondary N) is 1. The van der Waals surface area contributed by atoms with Crippen LogP contribution in [0.2, 0.25) is 0 Å². The highest BCUT2D eigenvalue weighted by Gasteiger charge is 2.31. The van der Waals surface area contributed by atoms with Crippen molar-refractivity contribution in [1.29, 1.82) is 0 Å². The van der Waals surface area contributed by atoms with Crippen LogP contribution in [-0.2, 0) is 32.6 Å². The maximum atomic E-state index is 14.4. The topological polar surface area (TPSA) is 86.8 Å². The van der Waals surface area contributed by atoms with E-state index in [0.29, 0.717) is 6.42 Å². The van der Waals surface area contributed by atoms with Crippen LogP contribution in [0.25, 0.3) is 0 Å². The third-order valence-corrected chi connectivity index (χ3v) is 7.63. The second kappa shape index (κ2) is 14.1. The Hall–Kier alpha value is -3.72. The number of rotatable bonds is 13. The highest BCUT2D eigenvalue weighted by atomic mass is 32.2. The van der Waals surface area contributed by atoms with Crippen molar-refractivity contribution < 1.29 is 22.4 Å². The summed E-state index contributed by atoms with van der Waals surface area (Å²) in [4.78, 5) is 28.8. The molecule has 0 aliphatic rings. The molecule has 3 aromatic carbocycles. The molecule has 0 unspecified atom stereocenters. The molecule has 2 amide bonds. The lowest BCUT2D eigenvalue weighted by Gasteiger charge is -2.32.